The molecule has 26 heavy (non-hydrogen) atoms. The maximum Gasteiger partial charge on any atom is 0.306 e. The molecule has 0 aliphatic carbocycles. The number of esters is 1. The Morgan fingerprint density at radius 1 is 1.08 bits per heavy atom. The molecule has 0 radical (unpaired) electrons. The average molecular weight is 355 g/mol. The molecule has 3 aromatic rings. The summed E-state index contributed by atoms with van der Waals surface area (Å²) in [6.45, 7) is 0.255. The van der Waals surface area contributed by atoms with Gasteiger partial charge in [-0.2, -0.15) is 0 Å². The third-order valence-electron chi connectivity index (χ3n) is 3.43. The van der Waals surface area contributed by atoms with Crippen molar-refractivity contribution in [2.75, 3.05) is 6.54 Å². The van der Waals surface area contributed by atoms with Crippen molar-refractivity contribution in [3.05, 3.63) is 60.4 Å². The van der Waals surface area contributed by atoms with Crippen molar-refractivity contribution in [1.29, 1.82) is 0 Å². The Hall–Kier alpha value is -3.42. The van der Waals surface area contributed by atoms with Crippen LogP contribution in [0.1, 0.15) is 29.3 Å². The Balaban J connectivity index is 1.35. The lowest BCUT2D eigenvalue weighted by molar-refractivity contribution is -0.145. The van der Waals surface area contributed by atoms with Crippen LogP contribution in [-0.2, 0) is 16.1 Å². The van der Waals surface area contributed by atoms with Gasteiger partial charge in [-0.05, 0) is 30.7 Å². The van der Waals surface area contributed by atoms with Gasteiger partial charge in [0.15, 0.2) is 12.4 Å². The highest BCUT2D eigenvalue weighted by molar-refractivity contribution is 5.91. The van der Waals surface area contributed by atoms with E-state index in [0.29, 0.717) is 18.9 Å². The number of ether oxygens (including phenoxy) is 1. The van der Waals surface area contributed by atoms with Crippen LogP contribution >= 0.6 is 0 Å². The van der Waals surface area contributed by atoms with E-state index in [2.05, 4.69) is 15.5 Å². The number of furan rings is 1. The van der Waals surface area contributed by atoms with Gasteiger partial charge in [-0.1, -0.05) is 18.2 Å². The number of nitrogens with zero attached hydrogens (tertiary/aromatic N) is 2. The average Bonchev–Trinajstić information content (AvgIpc) is 3.36. The highest BCUT2D eigenvalue weighted by Gasteiger charge is 2.11. The fourth-order valence-electron chi connectivity index (χ4n) is 2.15. The van der Waals surface area contributed by atoms with Crippen LogP contribution in [0.5, 0.6) is 0 Å². The lowest BCUT2D eigenvalue weighted by Gasteiger charge is -2.03. The number of amides is 1. The molecule has 0 aliphatic heterocycles. The van der Waals surface area contributed by atoms with Gasteiger partial charge in [0.05, 0.1) is 6.26 Å². The van der Waals surface area contributed by atoms with Crippen molar-refractivity contribution < 1.29 is 23.2 Å². The van der Waals surface area contributed by atoms with E-state index in [1.165, 1.54) is 6.26 Å². The minimum atomic E-state index is -0.406. The maximum atomic E-state index is 11.7. The normalized spacial score (nSPS) is 10.5. The van der Waals surface area contributed by atoms with Crippen LogP contribution < -0.4 is 5.32 Å². The quantitative estimate of drug-likeness (QED) is 0.489. The summed E-state index contributed by atoms with van der Waals surface area (Å²) in [6, 6.07) is 12.5. The molecule has 8 nitrogen and oxygen atoms in total. The third-order valence-corrected chi connectivity index (χ3v) is 3.43. The molecule has 1 aromatic carbocycles. The molecule has 1 N–H and O–H groups in total. The second-order valence-electron chi connectivity index (χ2n) is 5.36. The van der Waals surface area contributed by atoms with Gasteiger partial charge in [-0.15, -0.1) is 10.2 Å². The number of carbonyl (C=O) groups excluding carboxylic acids is 2. The highest BCUT2D eigenvalue weighted by atomic mass is 16.5. The molecule has 2 aromatic heterocycles. The first kappa shape index (κ1) is 17.4. The number of nitrogens with one attached hydrogen (secondary N) is 1. The van der Waals surface area contributed by atoms with E-state index < -0.39 is 5.97 Å². The highest BCUT2D eigenvalue weighted by Crippen LogP contribution is 2.17. The molecule has 0 atom stereocenters. The molecule has 0 spiro atoms. The molecule has 0 fully saturated rings. The van der Waals surface area contributed by atoms with Crippen LogP contribution in [0.25, 0.3) is 11.5 Å². The van der Waals surface area contributed by atoms with Crippen LogP contribution in [-0.4, -0.2) is 28.6 Å². The van der Waals surface area contributed by atoms with Gasteiger partial charge in [-0.3, -0.25) is 9.59 Å². The fraction of sp³-hybridized carbons (Fsp3) is 0.222. The zero-order valence-electron chi connectivity index (χ0n) is 13.9. The third kappa shape index (κ3) is 4.79. The molecule has 0 bridgehead atoms. The monoisotopic (exact) mass is 355 g/mol. The van der Waals surface area contributed by atoms with Gasteiger partial charge in [0, 0.05) is 18.5 Å². The second-order valence-corrected chi connectivity index (χ2v) is 5.36. The SMILES string of the molecule is O=C(CCCNC(=O)c1ccco1)OCc1nnc(-c2ccccc2)o1. The summed E-state index contributed by atoms with van der Waals surface area (Å²) in [5, 5.41) is 10.4. The lowest BCUT2D eigenvalue weighted by Crippen LogP contribution is -2.24. The van der Waals surface area contributed by atoms with Gasteiger partial charge < -0.3 is 18.9 Å². The summed E-state index contributed by atoms with van der Waals surface area (Å²) >= 11 is 0. The van der Waals surface area contributed by atoms with Crippen molar-refractivity contribution in [1.82, 2.24) is 15.5 Å². The molecule has 134 valence electrons. The summed E-state index contributed by atoms with van der Waals surface area (Å²) in [6.07, 6.45) is 2.04. The van der Waals surface area contributed by atoms with Crippen LogP contribution in [0.15, 0.2) is 57.6 Å². The van der Waals surface area contributed by atoms with Gasteiger partial charge in [0.2, 0.25) is 5.89 Å². The first-order valence-corrected chi connectivity index (χ1v) is 8.07. The van der Waals surface area contributed by atoms with Crippen molar-refractivity contribution in [3.63, 3.8) is 0 Å². The van der Waals surface area contributed by atoms with Crippen LogP contribution in [0.2, 0.25) is 0 Å². The summed E-state index contributed by atoms with van der Waals surface area (Å²) < 4.78 is 15.5. The Labute approximate surface area is 149 Å². The largest absolute Gasteiger partial charge is 0.459 e. The van der Waals surface area contributed by atoms with Crippen LogP contribution in [0, 0.1) is 0 Å². The van der Waals surface area contributed by atoms with E-state index in [1.54, 1.807) is 12.1 Å². The van der Waals surface area contributed by atoms with E-state index in [1.807, 2.05) is 30.3 Å². The minimum absolute atomic E-state index is 0.0859. The van der Waals surface area contributed by atoms with E-state index >= 15 is 0 Å². The molecule has 8 heteroatoms. The Bertz CT molecular complexity index is 843. The Kier molecular flexibility index (Phi) is 5.76. The Morgan fingerprint density at radius 3 is 2.69 bits per heavy atom. The zero-order valence-corrected chi connectivity index (χ0v) is 13.9. The van der Waals surface area contributed by atoms with E-state index in [-0.39, 0.29) is 30.6 Å². The number of aromatic nitrogens is 2. The maximum absolute atomic E-state index is 11.7. The number of benzene rings is 1. The first-order chi connectivity index (χ1) is 12.7. The molecular formula is C18H17N3O5. The van der Waals surface area contributed by atoms with Gasteiger partial charge in [0.25, 0.3) is 11.8 Å². The number of rotatable bonds is 8. The van der Waals surface area contributed by atoms with Crippen molar-refractivity contribution in [3.8, 4) is 11.5 Å². The van der Waals surface area contributed by atoms with Crippen molar-refractivity contribution in [2.24, 2.45) is 0 Å². The number of hydrogen-bond donors (Lipinski definition) is 1. The molecule has 2 heterocycles. The van der Waals surface area contributed by atoms with Gasteiger partial charge in [0.1, 0.15) is 0 Å². The van der Waals surface area contributed by atoms with Gasteiger partial charge in [-0.25, -0.2) is 0 Å². The van der Waals surface area contributed by atoms with Crippen LogP contribution in [0.3, 0.4) is 0 Å². The summed E-state index contributed by atoms with van der Waals surface area (Å²) in [5.74, 6) is 0.109. The van der Waals surface area contributed by atoms with E-state index in [0.717, 1.165) is 5.56 Å². The summed E-state index contributed by atoms with van der Waals surface area (Å²) in [4.78, 5) is 23.4. The Morgan fingerprint density at radius 2 is 1.92 bits per heavy atom. The molecule has 0 saturated carbocycles. The molecule has 0 aliphatic rings. The minimum Gasteiger partial charge on any atom is -0.459 e. The fourth-order valence-corrected chi connectivity index (χ4v) is 2.15. The smallest absolute Gasteiger partial charge is 0.306 e. The molecule has 0 saturated heterocycles. The topological polar surface area (TPSA) is 107 Å². The number of hydrogen-bond acceptors (Lipinski definition) is 7. The zero-order chi connectivity index (χ0) is 18.2. The standard InChI is InChI=1S/C18H17N3O5/c22-16(9-4-10-19-17(23)14-8-5-11-24-14)25-12-15-20-21-18(26-15)13-6-2-1-3-7-13/h1-3,5-8,11H,4,9-10,12H2,(H,19,23). The molecule has 3 rings (SSSR count). The van der Waals surface area contributed by atoms with Crippen LogP contribution in [0.4, 0.5) is 0 Å². The number of carbonyl (C=O) groups is 2. The van der Waals surface area contributed by atoms with Crippen molar-refractivity contribution in [2.45, 2.75) is 19.4 Å². The van der Waals surface area contributed by atoms with E-state index in [9.17, 15) is 9.59 Å². The second kappa shape index (κ2) is 8.61. The van der Waals surface area contributed by atoms with Crippen molar-refractivity contribution >= 4 is 11.9 Å². The predicted octanol–water partition coefficient (Wildman–Crippen LogP) is 2.58. The van der Waals surface area contributed by atoms with E-state index in [4.69, 9.17) is 13.6 Å². The summed E-state index contributed by atoms with van der Waals surface area (Å²) in [5.41, 5.74) is 0.796. The summed E-state index contributed by atoms with van der Waals surface area (Å²) in [7, 11) is 0. The predicted molar refractivity (Wildman–Crippen MR) is 89.8 cm³/mol. The molecule has 0 unspecified atom stereocenters. The molecular weight excluding hydrogens is 338 g/mol. The molecule has 1 amide bonds. The first-order valence-electron chi connectivity index (χ1n) is 8.07. The van der Waals surface area contributed by atoms with Gasteiger partial charge >= 0.3 is 5.97 Å². The lowest BCUT2D eigenvalue weighted by atomic mass is 10.2.